The van der Waals surface area contributed by atoms with E-state index in [0.717, 1.165) is 32.1 Å². The highest BCUT2D eigenvalue weighted by molar-refractivity contribution is 5.68. The minimum atomic E-state index is -0.976. The molecule has 1 saturated carbocycles. The minimum Gasteiger partial charge on any atom is -0.480 e. The van der Waals surface area contributed by atoms with Crippen molar-refractivity contribution in [3.05, 3.63) is 0 Å². The largest absolute Gasteiger partial charge is 0.480 e. The van der Waals surface area contributed by atoms with Gasteiger partial charge in [-0.25, -0.2) is 4.79 Å². The van der Waals surface area contributed by atoms with E-state index in [1.807, 2.05) is 0 Å². The van der Waals surface area contributed by atoms with Gasteiger partial charge in [0.25, 0.3) is 0 Å². The molecule has 0 aromatic rings. The summed E-state index contributed by atoms with van der Waals surface area (Å²) < 4.78 is 5.09. The van der Waals surface area contributed by atoms with Crippen molar-refractivity contribution in [1.82, 2.24) is 0 Å². The van der Waals surface area contributed by atoms with E-state index in [1.54, 1.807) is 0 Å². The van der Waals surface area contributed by atoms with Crippen molar-refractivity contribution in [3.63, 3.8) is 0 Å². The average Bonchev–Trinajstić information content (AvgIpc) is 2.27. The molecular weight excluding hydrogens is 172 g/mol. The lowest BCUT2D eigenvalue weighted by Crippen LogP contribution is -2.29. The van der Waals surface area contributed by atoms with Gasteiger partial charge < -0.3 is 14.9 Å². The fourth-order valence-electron chi connectivity index (χ4n) is 1.63. The molecule has 0 amide bonds. The zero-order valence-corrected chi connectivity index (χ0v) is 7.61. The van der Waals surface area contributed by atoms with Crippen LogP contribution in [0, 0.1) is 0 Å². The molecule has 0 spiro atoms. The SMILES string of the molecule is O=C(O)COC1CCCCCC1O. The van der Waals surface area contributed by atoms with E-state index in [-0.39, 0.29) is 12.7 Å². The molecule has 0 aromatic heterocycles. The molecule has 2 N–H and O–H groups in total. The molecule has 76 valence electrons. The summed E-state index contributed by atoms with van der Waals surface area (Å²) in [5.41, 5.74) is 0. The Bertz CT molecular complexity index is 169. The van der Waals surface area contributed by atoms with Crippen LogP contribution in [-0.4, -0.2) is 35.0 Å². The van der Waals surface area contributed by atoms with Crippen LogP contribution in [0.25, 0.3) is 0 Å². The summed E-state index contributed by atoms with van der Waals surface area (Å²) in [4.78, 5) is 10.2. The molecular formula is C9H16O4. The molecule has 0 aliphatic heterocycles. The van der Waals surface area contributed by atoms with Crippen molar-refractivity contribution in [2.75, 3.05) is 6.61 Å². The Morgan fingerprint density at radius 2 is 2.00 bits per heavy atom. The highest BCUT2D eigenvalue weighted by Crippen LogP contribution is 2.20. The van der Waals surface area contributed by atoms with Crippen LogP contribution in [0.2, 0.25) is 0 Å². The Labute approximate surface area is 77.5 Å². The van der Waals surface area contributed by atoms with Gasteiger partial charge in [-0.1, -0.05) is 19.3 Å². The van der Waals surface area contributed by atoms with Crippen LogP contribution in [-0.2, 0) is 9.53 Å². The predicted molar refractivity (Wildman–Crippen MR) is 46.5 cm³/mol. The molecule has 0 saturated heterocycles. The van der Waals surface area contributed by atoms with Crippen molar-refractivity contribution in [2.24, 2.45) is 0 Å². The molecule has 1 fully saturated rings. The molecule has 0 aromatic carbocycles. The maximum Gasteiger partial charge on any atom is 0.329 e. The molecule has 1 aliphatic rings. The van der Waals surface area contributed by atoms with E-state index < -0.39 is 12.1 Å². The van der Waals surface area contributed by atoms with Gasteiger partial charge in [0.15, 0.2) is 0 Å². The van der Waals surface area contributed by atoms with E-state index in [9.17, 15) is 9.90 Å². The summed E-state index contributed by atoms with van der Waals surface area (Å²) in [5, 5.41) is 17.9. The van der Waals surface area contributed by atoms with E-state index >= 15 is 0 Å². The van der Waals surface area contributed by atoms with Crippen LogP contribution in [0.3, 0.4) is 0 Å². The molecule has 0 radical (unpaired) electrons. The summed E-state index contributed by atoms with van der Waals surface area (Å²) in [6, 6.07) is 0. The highest BCUT2D eigenvalue weighted by atomic mass is 16.5. The van der Waals surface area contributed by atoms with Crippen molar-refractivity contribution in [3.8, 4) is 0 Å². The number of aliphatic hydroxyl groups excluding tert-OH is 1. The van der Waals surface area contributed by atoms with Gasteiger partial charge in [-0.3, -0.25) is 0 Å². The maximum atomic E-state index is 10.2. The number of hydrogen-bond acceptors (Lipinski definition) is 3. The van der Waals surface area contributed by atoms with Gasteiger partial charge in [-0.05, 0) is 12.8 Å². The van der Waals surface area contributed by atoms with Gasteiger partial charge in [-0.2, -0.15) is 0 Å². The average molecular weight is 188 g/mol. The Hall–Kier alpha value is -0.610. The van der Waals surface area contributed by atoms with Crippen LogP contribution in [0.1, 0.15) is 32.1 Å². The molecule has 4 heteroatoms. The lowest BCUT2D eigenvalue weighted by Gasteiger charge is -2.19. The fourth-order valence-corrected chi connectivity index (χ4v) is 1.63. The zero-order valence-electron chi connectivity index (χ0n) is 7.61. The summed E-state index contributed by atoms with van der Waals surface area (Å²) in [6.07, 6.45) is 3.86. The second-order valence-corrected chi connectivity index (χ2v) is 3.45. The lowest BCUT2D eigenvalue weighted by atomic mass is 10.1. The highest BCUT2D eigenvalue weighted by Gasteiger charge is 2.22. The number of hydrogen-bond donors (Lipinski definition) is 2. The third-order valence-corrected chi connectivity index (χ3v) is 2.34. The van der Waals surface area contributed by atoms with Gasteiger partial charge in [0, 0.05) is 0 Å². The number of ether oxygens (including phenoxy) is 1. The molecule has 1 rings (SSSR count). The van der Waals surface area contributed by atoms with Crippen molar-refractivity contribution in [1.29, 1.82) is 0 Å². The van der Waals surface area contributed by atoms with Crippen LogP contribution in [0.5, 0.6) is 0 Å². The Morgan fingerprint density at radius 3 is 2.69 bits per heavy atom. The summed E-state index contributed by atoms with van der Waals surface area (Å²) in [7, 11) is 0. The maximum absolute atomic E-state index is 10.2. The van der Waals surface area contributed by atoms with Gasteiger partial charge >= 0.3 is 5.97 Å². The Morgan fingerprint density at radius 1 is 1.31 bits per heavy atom. The summed E-state index contributed by atoms with van der Waals surface area (Å²) in [6.45, 7) is -0.304. The Kier molecular flexibility index (Phi) is 4.18. The number of carboxylic acids is 1. The third kappa shape index (κ3) is 3.74. The zero-order chi connectivity index (χ0) is 9.68. The first-order valence-corrected chi connectivity index (χ1v) is 4.71. The van der Waals surface area contributed by atoms with E-state index in [2.05, 4.69) is 0 Å². The van der Waals surface area contributed by atoms with E-state index in [1.165, 1.54) is 0 Å². The van der Waals surface area contributed by atoms with Crippen LogP contribution < -0.4 is 0 Å². The molecule has 0 heterocycles. The standard InChI is InChI=1S/C9H16O4/c10-7-4-2-1-3-5-8(7)13-6-9(11)12/h7-8,10H,1-6H2,(H,11,12). The second kappa shape index (κ2) is 5.19. The first-order valence-electron chi connectivity index (χ1n) is 4.71. The molecule has 2 atom stereocenters. The number of aliphatic hydroxyl groups is 1. The topological polar surface area (TPSA) is 66.8 Å². The summed E-state index contributed by atoms with van der Waals surface area (Å²) >= 11 is 0. The molecule has 4 nitrogen and oxygen atoms in total. The van der Waals surface area contributed by atoms with E-state index in [4.69, 9.17) is 9.84 Å². The number of carbonyl (C=O) groups is 1. The molecule has 2 unspecified atom stereocenters. The minimum absolute atomic E-state index is 0.279. The smallest absolute Gasteiger partial charge is 0.329 e. The number of aliphatic carboxylic acids is 1. The van der Waals surface area contributed by atoms with Crippen LogP contribution in [0.4, 0.5) is 0 Å². The normalized spacial score (nSPS) is 29.6. The fraction of sp³-hybridized carbons (Fsp3) is 0.889. The van der Waals surface area contributed by atoms with Crippen molar-refractivity contribution < 1.29 is 19.7 Å². The second-order valence-electron chi connectivity index (χ2n) is 3.45. The van der Waals surface area contributed by atoms with Gasteiger partial charge in [0.2, 0.25) is 0 Å². The van der Waals surface area contributed by atoms with Crippen LogP contribution in [0.15, 0.2) is 0 Å². The predicted octanol–water partition coefficient (Wildman–Crippen LogP) is 0.781. The quantitative estimate of drug-likeness (QED) is 0.642. The van der Waals surface area contributed by atoms with Crippen molar-refractivity contribution >= 4 is 5.97 Å². The first kappa shape index (κ1) is 10.5. The van der Waals surface area contributed by atoms with Crippen LogP contribution >= 0.6 is 0 Å². The number of carboxylic acid groups (broad SMARTS) is 1. The van der Waals surface area contributed by atoms with Crippen molar-refractivity contribution in [2.45, 2.75) is 44.3 Å². The van der Waals surface area contributed by atoms with Gasteiger partial charge in [0.1, 0.15) is 6.61 Å². The van der Waals surface area contributed by atoms with Gasteiger partial charge in [0.05, 0.1) is 12.2 Å². The first-order chi connectivity index (χ1) is 6.20. The van der Waals surface area contributed by atoms with E-state index in [0.29, 0.717) is 0 Å². The third-order valence-electron chi connectivity index (χ3n) is 2.34. The lowest BCUT2D eigenvalue weighted by molar-refractivity contribution is -0.147. The molecule has 13 heavy (non-hydrogen) atoms. The summed E-state index contributed by atoms with van der Waals surface area (Å²) in [5.74, 6) is -0.976. The van der Waals surface area contributed by atoms with Gasteiger partial charge in [-0.15, -0.1) is 0 Å². The molecule has 1 aliphatic carbocycles. The Balaban J connectivity index is 2.31. The monoisotopic (exact) mass is 188 g/mol. The molecule has 0 bridgehead atoms. The number of rotatable bonds is 3.